The fourth-order valence-electron chi connectivity index (χ4n) is 3.13. The van der Waals surface area contributed by atoms with Crippen molar-refractivity contribution in [2.24, 2.45) is 11.8 Å². The van der Waals surface area contributed by atoms with Gasteiger partial charge in [-0.05, 0) is 36.8 Å². The van der Waals surface area contributed by atoms with Crippen LogP contribution in [0.4, 0.5) is 5.69 Å². The molecule has 0 heterocycles. The van der Waals surface area contributed by atoms with Crippen LogP contribution in [0.5, 0.6) is 0 Å². The van der Waals surface area contributed by atoms with E-state index in [1.165, 1.54) is 7.11 Å². The molecule has 0 amide bonds. The average molecular weight is 296 g/mol. The molecule has 3 unspecified atom stereocenters. The van der Waals surface area contributed by atoms with Crippen LogP contribution in [0.3, 0.4) is 0 Å². The number of esters is 1. The molecule has 3 atom stereocenters. The van der Waals surface area contributed by atoms with Gasteiger partial charge in [-0.3, -0.25) is 0 Å². The van der Waals surface area contributed by atoms with E-state index in [9.17, 15) is 4.79 Å². The van der Waals surface area contributed by atoms with Crippen molar-refractivity contribution in [3.63, 3.8) is 0 Å². The molecule has 110 valence electrons. The highest BCUT2D eigenvalue weighted by Gasteiger charge is 2.48. The number of halogens is 1. The van der Waals surface area contributed by atoms with Gasteiger partial charge in [-0.2, -0.15) is 0 Å². The van der Waals surface area contributed by atoms with E-state index >= 15 is 0 Å². The highest BCUT2D eigenvalue weighted by molar-refractivity contribution is 6.33. The molecule has 1 aromatic carbocycles. The summed E-state index contributed by atoms with van der Waals surface area (Å²) >= 11 is 6.22. The van der Waals surface area contributed by atoms with Crippen molar-refractivity contribution in [2.45, 2.75) is 38.6 Å². The quantitative estimate of drug-likeness (QED) is 0.853. The number of carbonyl (C=O) groups is 1. The number of carbonyl (C=O) groups excluding carboxylic acids is 1. The highest BCUT2D eigenvalue weighted by atomic mass is 35.5. The minimum atomic E-state index is -0.683. The Morgan fingerprint density at radius 3 is 2.70 bits per heavy atom. The van der Waals surface area contributed by atoms with E-state index in [0.29, 0.717) is 10.9 Å². The zero-order valence-corrected chi connectivity index (χ0v) is 13.0. The van der Waals surface area contributed by atoms with Crippen molar-refractivity contribution in [3.05, 3.63) is 29.3 Å². The summed E-state index contributed by atoms with van der Waals surface area (Å²) in [5.74, 6) is 0.499. The molecule has 2 rings (SSSR count). The Morgan fingerprint density at radius 1 is 1.35 bits per heavy atom. The summed E-state index contributed by atoms with van der Waals surface area (Å²) in [6.45, 7) is 4.28. The van der Waals surface area contributed by atoms with Crippen LogP contribution in [0, 0.1) is 11.8 Å². The molecule has 1 aliphatic carbocycles. The van der Waals surface area contributed by atoms with Crippen LogP contribution in [0.1, 0.15) is 33.1 Å². The summed E-state index contributed by atoms with van der Waals surface area (Å²) in [7, 11) is 1.45. The van der Waals surface area contributed by atoms with Crippen LogP contribution >= 0.6 is 11.6 Å². The lowest BCUT2D eigenvalue weighted by Crippen LogP contribution is -2.55. The lowest BCUT2D eigenvalue weighted by Gasteiger charge is -2.43. The third kappa shape index (κ3) is 2.78. The Balaban J connectivity index is 2.37. The predicted molar refractivity (Wildman–Crippen MR) is 82.0 cm³/mol. The maximum absolute atomic E-state index is 12.4. The van der Waals surface area contributed by atoms with Gasteiger partial charge in [0.25, 0.3) is 0 Å². The van der Waals surface area contributed by atoms with Crippen LogP contribution in [0.25, 0.3) is 0 Å². The molecular formula is C16H22ClNO2. The molecule has 20 heavy (non-hydrogen) atoms. The number of para-hydroxylation sites is 1. The first-order valence-corrected chi connectivity index (χ1v) is 7.48. The number of rotatable bonds is 3. The van der Waals surface area contributed by atoms with Gasteiger partial charge in [-0.1, -0.05) is 44.0 Å². The van der Waals surface area contributed by atoms with Crippen molar-refractivity contribution in [3.8, 4) is 0 Å². The molecule has 1 fully saturated rings. The number of methoxy groups -OCH3 is 1. The fourth-order valence-corrected chi connectivity index (χ4v) is 3.31. The van der Waals surface area contributed by atoms with E-state index in [1.54, 1.807) is 0 Å². The van der Waals surface area contributed by atoms with Gasteiger partial charge in [0.2, 0.25) is 0 Å². The van der Waals surface area contributed by atoms with E-state index in [1.807, 2.05) is 24.3 Å². The monoisotopic (exact) mass is 295 g/mol. The first-order chi connectivity index (χ1) is 9.49. The van der Waals surface area contributed by atoms with Gasteiger partial charge in [0, 0.05) is 0 Å². The smallest absolute Gasteiger partial charge is 0.331 e. The summed E-state index contributed by atoms with van der Waals surface area (Å²) < 4.78 is 5.08. The molecular weight excluding hydrogens is 274 g/mol. The van der Waals surface area contributed by atoms with Crippen molar-refractivity contribution >= 4 is 23.3 Å². The summed E-state index contributed by atoms with van der Waals surface area (Å²) in [6.07, 6.45) is 2.92. The lowest BCUT2D eigenvalue weighted by molar-refractivity contribution is -0.150. The maximum atomic E-state index is 12.4. The van der Waals surface area contributed by atoms with Gasteiger partial charge in [-0.15, -0.1) is 0 Å². The van der Waals surface area contributed by atoms with Gasteiger partial charge in [0.15, 0.2) is 0 Å². The lowest BCUT2D eigenvalue weighted by atomic mass is 9.69. The first-order valence-electron chi connectivity index (χ1n) is 7.10. The Morgan fingerprint density at radius 2 is 2.05 bits per heavy atom. The average Bonchev–Trinajstić information content (AvgIpc) is 2.44. The van der Waals surface area contributed by atoms with Crippen LogP contribution in [-0.4, -0.2) is 18.6 Å². The fraction of sp³-hybridized carbons (Fsp3) is 0.562. The molecule has 1 N–H and O–H groups in total. The molecule has 4 heteroatoms. The third-order valence-corrected chi connectivity index (χ3v) is 4.71. The predicted octanol–water partition coefficient (Wildman–Crippen LogP) is 4.12. The highest BCUT2D eigenvalue weighted by Crippen LogP contribution is 2.41. The van der Waals surface area contributed by atoms with Gasteiger partial charge >= 0.3 is 5.97 Å². The van der Waals surface area contributed by atoms with Crippen molar-refractivity contribution in [1.29, 1.82) is 0 Å². The topological polar surface area (TPSA) is 38.3 Å². The zero-order valence-electron chi connectivity index (χ0n) is 12.3. The van der Waals surface area contributed by atoms with Crippen LogP contribution < -0.4 is 5.32 Å². The molecule has 1 aliphatic rings. The van der Waals surface area contributed by atoms with Gasteiger partial charge in [0.1, 0.15) is 5.54 Å². The summed E-state index contributed by atoms with van der Waals surface area (Å²) in [5, 5.41) is 4.01. The number of benzene rings is 1. The Labute approximate surface area is 125 Å². The van der Waals surface area contributed by atoms with Crippen molar-refractivity contribution < 1.29 is 9.53 Å². The molecule has 1 saturated carbocycles. The van der Waals surface area contributed by atoms with E-state index in [0.717, 1.165) is 24.9 Å². The SMILES string of the molecule is COC(=O)C1(Nc2ccccc2Cl)CC(C)CCC1C. The molecule has 0 aliphatic heterocycles. The Hall–Kier alpha value is -1.22. The number of ether oxygens (including phenoxy) is 1. The second kappa shape index (κ2) is 6.04. The molecule has 1 aromatic rings. The molecule has 0 aromatic heterocycles. The number of hydrogen-bond acceptors (Lipinski definition) is 3. The summed E-state index contributed by atoms with van der Waals surface area (Å²) in [5.41, 5.74) is 0.109. The van der Waals surface area contributed by atoms with Crippen molar-refractivity contribution in [2.75, 3.05) is 12.4 Å². The van der Waals surface area contributed by atoms with Crippen molar-refractivity contribution in [1.82, 2.24) is 0 Å². The first kappa shape index (κ1) is 15.2. The number of hydrogen-bond donors (Lipinski definition) is 1. The molecule has 3 nitrogen and oxygen atoms in total. The van der Waals surface area contributed by atoms with Gasteiger partial charge in [0.05, 0.1) is 17.8 Å². The second-order valence-corrected chi connectivity index (χ2v) is 6.26. The second-order valence-electron chi connectivity index (χ2n) is 5.86. The van der Waals surface area contributed by atoms with Crippen LogP contribution in [0.15, 0.2) is 24.3 Å². The molecule has 0 spiro atoms. The Kier molecular flexibility index (Phi) is 4.59. The minimum Gasteiger partial charge on any atom is -0.467 e. The van der Waals surface area contributed by atoms with E-state index in [2.05, 4.69) is 19.2 Å². The van der Waals surface area contributed by atoms with E-state index < -0.39 is 5.54 Å². The molecule has 0 radical (unpaired) electrons. The molecule has 0 saturated heterocycles. The normalized spacial score (nSPS) is 29.8. The standard InChI is InChI=1S/C16H22ClNO2/c1-11-8-9-12(2)16(10-11,15(19)20-3)18-14-7-5-4-6-13(14)17/h4-7,11-12,18H,8-10H2,1-3H3. The third-order valence-electron chi connectivity index (χ3n) is 4.39. The Bertz CT molecular complexity index is 491. The minimum absolute atomic E-state index is 0.198. The summed E-state index contributed by atoms with van der Waals surface area (Å²) in [4.78, 5) is 12.4. The van der Waals surface area contributed by atoms with E-state index in [4.69, 9.17) is 16.3 Å². The zero-order chi connectivity index (χ0) is 14.8. The van der Waals surface area contributed by atoms with Gasteiger partial charge < -0.3 is 10.1 Å². The number of anilines is 1. The summed E-state index contributed by atoms with van der Waals surface area (Å²) in [6, 6.07) is 7.52. The van der Waals surface area contributed by atoms with Crippen LogP contribution in [0.2, 0.25) is 5.02 Å². The van der Waals surface area contributed by atoms with Crippen LogP contribution in [-0.2, 0) is 9.53 Å². The number of nitrogens with one attached hydrogen (secondary N) is 1. The van der Waals surface area contributed by atoms with Gasteiger partial charge in [-0.25, -0.2) is 4.79 Å². The largest absolute Gasteiger partial charge is 0.467 e. The molecule has 0 bridgehead atoms. The maximum Gasteiger partial charge on any atom is 0.331 e. The van der Waals surface area contributed by atoms with E-state index in [-0.39, 0.29) is 11.9 Å².